The normalized spacial score (nSPS) is 15.3. The average molecular weight is 208 g/mol. The lowest BCUT2D eigenvalue weighted by atomic mass is 10.4. The molecule has 0 bridgehead atoms. The molecule has 1 amide bonds. The minimum absolute atomic E-state index is 0.0901. The van der Waals surface area contributed by atoms with E-state index in [1.807, 2.05) is 6.07 Å². The van der Waals surface area contributed by atoms with Crippen molar-refractivity contribution in [3.05, 3.63) is 23.7 Å². The second-order valence-electron chi connectivity index (χ2n) is 4.12. The first kappa shape index (κ1) is 10.2. The third-order valence-corrected chi connectivity index (χ3v) is 2.42. The lowest BCUT2D eigenvalue weighted by Gasteiger charge is -2.06. The van der Waals surface area contributed by atoms with Gasteiger partial charge in [-0.3, -0.25) is 4.79 Å². The maximum atomic E-state index is 11.5. The molecule has 1 saturated carbocycles. The van der Waals surface area contributed by atoms with Crippen LogP contribution in [-0.2, 0) is 6.54 Å². The molecule has 0 aliphatic heterocycles. The number of amides is 1. The average Bonchev–Trinajstić information content (AvgIpc) is 2.92. The van der Waals surface area contributed by atoms with Gasteiger partial charge in [0.2, 0.25) is 0 Å². The van der Waals surface area contributed by atoms with Gasteiger partial charge in [-0.05, 0) is 25.0 Å². The minimum atomic E-state index is -0.0901. The molecule has 0 spiro atoms. The third-order valence-electron chi connectivity index (χ3n) is 2.42. The van der Waals surface area contributed by atoms with Crippen molar-refractivity contribution in [1.82, 2.24) is 10.2 Å². The molecule has 0 atom stereocenters. The summed E-state index contributed by atoms with van der Waals surface area (Å²) in [5.74, 6) is 1.15. The number of hydrogen-bond donors (Lipinski definition) is 1. The molecule has 1 aromatic heterocycles. The second-order valence-corrected chi connectivity index (χ2v) is 4.12. The number of carbonyl (C=O) groups excluding carboxylic acids is 1. The van der Waals surface area contributed by atoms with Crippen LogP contribution in [0.4, 0.5) is 0 Å². The fraction of sp³-hybridized carbons (Fsp3) is 0.545. The maximum absolute atomic E-state index is 11.5. The van der Waals surface area contributed by atoms with E-state index in [4.69, 9.17) is 4.42 Å². The Bertz CT molecular complexity index is 353. The van der Waals surface area contributed by atoms with Crippen LogP contribution in [0.5, 0.6) is 0 Å². The van der Waals surface area contributed by atoms with Crippen LogP contribution in [0.1, 0.15) is 29.2 Å². The van der Waals surface area contributed by atoms with Crippen molar-refractivity contribution in [2.45, 2.75) is 25.4 Å². The van der Waals surface area contributed by atoms with Crippen molar-refractivity contribution >= 4 is 5.91 Å². The van der Waals surface area contributed by atoms with Gasteiger partial charge in [0.25, 0.3) is 5.91 Å². The van der Waals surface area contributed by atoms with Gasteiger partial charge < -0.3 is 14.6 Å². The van der Waals surface area contributed by atoms with Crippen LogP contribution in [0.3, 0.4) is 0 Å². The molecular weight excluding hydrogens is 192 g/mol. The monoisotopic (exact) mass is 208 g/mol. The van der Waals surface area contributed by atoms with E-state index in [0.717, 1.165) is 5.76 Å². The lowest BCUT2D eigenvalue weighted by Crippen LogP contribution is -2.21. The fourth-order valence-corrected chi connectivity index (χ4v) is 1.34. The molecular formula is C11H16N2O2. The SMILES string of the molecule is CN(C)C(=O)c1ccc(CNC2CC2)o1. The Morgan fingerprint density at radius 3 is 2.87 bits per heavy atom. The van der Waals surface area contributed by atoms with Crippen LogP contribution in [0.2, 0.25) is 0 Å². The predicted molar refractivity (Wildman–Crippen MR) is 56.6 cm³/mol. The molecule has 1 aliphatic rings. The second kappa shape index (κ2) is 4.06. The molecule has 4 heteroatoms. The van der Waals surface area contributed by atoms with Gasteiger partial charge in [0.05, 0.1) is 6.54 Å². The van der Waals surface area contributed by atoms with E-state index in [0.29, 0.717) is 18.3 Å². The zero-order valence-electron chi connectivity index (χ0n) is 9.12. The van der Waals surface area contributed by atoms with Crippen LogP contribution in [-0.4, -0.2) is 30.9 Å². The van der Waals surface area contributed by atoms with E-state index in [1.165, 1.54) is 17.7 Å². The van der Waals surface area contributed by atoms with Gasteiger partial charge in [0, 0.05) is 20.1 Å². The van der Waals surface area contributed by atoms with Crippen LogP contribution < -0.4 is 5.32 Å². The zero-order valence-corrected chi connectivity index (χ0v) is 9.12. The van der Waals surface area contributed by atoms with Crippen molar-refractivity contribution in [3.8, 4) is 0 Å². The topological polar surface area (TPSA) is 45.5 Å². The zero-order chi connectivity index (χ0) is 10.8. The third kappa shape index (κ3) is 2.59. The Hall–Kier alpha value is -1.29. The number of hydrogen-bond acceptors (Lipinski definition) is 3. The summed E-state index contributed by atoms with van der Waals surface area (Å²) in [5, 5.41) is 3.34. The van der Waals surface area contributed by atoms with Gasteiger partial charge >= 0.3 is 0 Å². The molecule has 0 aromatic carbocycles. The quantitative estimate of drug-likeness (QED) is 0.809. The molecule has 82 valence electrons. The maximum Gasteiger partial charge on any atom is 0.289 e. The highest BCUT2D eigenvalue weighted by Crippen LogP contribution is 2.19. The first-order chi connectivity index (χ1) is 7.16. The van der Waals surface area contributed by atoms with Crippen molar-refractivity contribution in [2.75, 3.05) is 14.1 Å². The summed E-state index contributed by atoms with van der Waals surface area (Å²) in [6, 6.07) is 4.24. The summed E-state index contributed by atoms with van der Waals surface area (Å²) in [6.07, 6.45) is 2.51. The van der Waals surface area contributed by atoms with Crippen LogP contribution >= 0.6 is 0 Å². The summed E-state index contributed by atoms with van der Waals surface area (Å²) in [6.45, 7) is 0.714. The van der Waals surface area contributed by atoms with Gasteiger partial charge in [0.1, 0.15) is 5.76 Å². The highest BCUT2D eigenvalue weighted by Gasteiger charge is 2.21. The van der Waals surface area contributed by atoms with Crippen LogP contribution in [0.25, 0.3) is 0 Å². The van der Waals surface area contributed by atoms with E-state index in [2.05, 4.69) is 5.32 Å². The number of nitrogens with zero attached hydrogens (tertiary/aromatic N) is 1. The number of rotatable bonds is 4. The molecule has 0 radical (unpaired) electrons. The van der Waals surface area contributed by atoms with Gasteiger partial charge in [-0.1, -0.05) is 0 Å². The summed E-state index contributed by atoms with van der Waals surface area (Å²) < 4.78 is 5.43. The van der Waals surface area contributed by atoms with Crippen LogP contribution in [0, 0.1) is 0 Å². The van der Waals surface area contributed by atoms with Crippen molar-refractivity contribution in [2.24, 2.45) is 0 Å². The van der Waals surface area contributed by atoms with Gasteiger partial charge in [-0.2, -0.15) is 0 Å². The molecule has 15 heavy (non-hydrogen) atoms. The molecule has 0 saturated heterocycles. The van der Waals surface area contributed by atoms with Gasteiger partial charge in [-0.15, -0.1) is 0 Å². The van der Waals surface area contributed by atoms with Crippen molar-refractivity contribution in [3.63, 3.8) is 0 Å². The molecule has 0 unspecified atom stereocenters. The largest absolute Gasteiger partial charge is 0.455 e. The lowest BCUT2D eigenvalue weighted by molar-refractivity contribution is 0.0794. The molecule has 1 fully saturated rings. The van der Waals surface area contributed by atoms with Gasteiger partial charge in [-0.25, -0.2) is 0 Å². The summed E-state index contributed by atoms with van der Waals surface area (Å²) in [4.78, 5) is 13.0. The summed E-state index contributed by atoms with van der Waals surface area (Å²) >= 11 is 0. The standard InChI is InChI=1S/C11H16N2O2/c1-13(2)11(14)10-6-5-9(15-10)7-12-8-3-4-8/h5-6,8,12H,3-4,7H2,1-2H3. The van der Waals surface area contributed by atoms with E-state index in [9.17, 15) is 4.79 Å². The first-order valence-corrected chi connectivity index (χ1v) is 5.20. The highest BCUT2D eigenvalue weighted by atomic mass is 16.4. The molecule has 1 aromatic rings. The Morgan fingerprint density at radius 2 is 2.27 bits per heavy atom. The molecule has 1 heterocycles. The minimum Gasteiger partial charge on any atom is -0.455 e. The summed E-state index contributed by atoms with van der Waals surface area (Å²) in [7, 11) is 3.43. The highest BCUT2D eigenvalue weighted by molar-refractivity contribution is 5.91. The molecule has 4 nitrogen and oxygen atoms in total. The van der Waals surface area contributed by atoms with E-state index in [-0.39, 0.29) is 5.91 Å². The number of nitrogens with one attached hydrogen (secondary N) is 1. The predicted octanol–water partition coefficient (Wildman–Crippen LogP) is 1.23. The Labute approximate surface area is 89.2 Å². The first-order valence-electron chi connectivity index (χ1n) is 5.20. The molecule has 1 aliphatic carbocycles. The summed E-state index contributed by atoms with van der Waals surface area (Å²) in [5.41, 5.74) is 0. The molecule has 2 rings (SSSR count). The smallest absolute Gasteiger partial charge is 0.289 e. The van der Waals surface area contributed by atoms with E-state index < -0.39 is 0 Å². The molecule has 1 N–H and O–H groups in total. The van der Waals surface area contributed by atoms with E-state index in [1.54, 1.807) is 20.2 Å². The van der Waals surface area contributed by atoms with Gasteiger partial charge in [0.15, 0.2) is 5.76 Å². The van der Waals surface area contributed by atoms with Crippen molar-refractivity contribution in [1.29, 1.82) is 0 Å². The van der Waals surface area contributed by atoms with E-state index >= 15 is 0 Å². The number of furan rings is 1. The Balaban J connectivity index is 1.93. The Kier molecular flexibility index (Phi) is 2.77. The number of carbonyl (C=O) groups is 1. The fourth-order valence-electron chi connectivity index (χ4n) is 1.34. The Morgan fingerprint density at radius 1 is 1.53 bits per heavy atom. The van der Waals surface area contributed by atoms with Crippen LogP contribution in [0.15, 0.2) is 16.5 Å². The van der Waals surface area contributed by atoms with Crippen molar-refractivity contribution < 1.29 is 9.21 Å².